The van der Waals surface area contributed by atoms with Gasteiger partial charge in [0.2, 0.25) is 0 Å². The second kappa shape index (κ2) is 5.69. The molecule has 0 bridgehead atoms. The van der Waals surface area contributed by atoms with Gasteiger partial charge in [0, 0.05) is 12.4 Å². The van der Waals surface area contributed by atoms with Gasteiger partial charge >= 0.3 is 5.97 Å². The largest absolute Gasteiger partial charge is 0.458 e. The summed E-state index contributed by atoms with van der Waals surface area (Å²) in [5.41, 5.74) is 1.98. The van der Waals surface area contributed by atoms with Gasteiger partial charge in [0.15, 0.2) is 0 Å². The number of esters is 1. The molecule has 104 valence electrons. The summed E-state index contributed by atoms with van der Waals surface area (Å²) >= 11 is 0. The first-order valence-corrected chi connectivity index (χ1v) is 6.28. The first kappa shape index (κ1) is 14.0. The number of ether oxygens (including phenoxy) is 1. The van der Waals surface area contributed by atoms with E-state index >= 15 is 0 Å². The van der Waals surface area contributed by atoms with Crippen LogP contribution in [0.4, 0.5) is 0 Å². The molecule has 0 radical (unpaired) electrons. The minimum atomic E-state index is -0.657. The monoisotopic (exact) mass is 272 g/mol. The highest BCUT2D eigenvalue weighted by molar-refractivity contribution is 5.89. The zero-order chi connectivity index (χ0) is 14.7. The number of nitrogens with zero attached hydrogens (tertiary/aromatic N) is 2. The minimum absolute atomic E-state index is 0.0599. The maximum Gasteiger partial charge on any atom is 0.345 e. The molecule has 5 nitrogen and oxygen atoms in total. The van der Waals surface area contributed by atoms with Crippen molar-refractivity contribution in [2.45, 2.75) is 20.8 Å². The second-order valence-corrected chi connectivity index (χ2v) is 4.74. The minimum Gasteiger partial charge on any atom is -0.458 e. The number of carbonyl (C=O) groups excluding carboxylic acids is 1. The quantitative estimate of drug-likeness (QED) is 0.634. The van der Waals surface area contributed by atoms with Gasteiger partial charge in [-0.15, -0.1) is 0 Å². The molecular formula is C15H16N2O3. The van der Waals surface area contributed by atoms with Crippen LogP contribution >= 0.6 is 0 Å². The van der Waals surface area contributed by atoms with Crippen molar-refractivity contribution in [1.82, 2.24) is 9.38 Å². The van der Waals surface area contributed by atoms with Gasteiger partial charge in [-0.25, -0.2) is 9.78 Å². The van der Waals surface area contributed by atoms with Gasteiger partial charge in [0.1, 0.15) is 17.8 Å². The Hall–Kier alpha value is -2.43. The number of aryl methyl sites for hydroxylation is 1. The fourth-order valence-electron chi connectivity index (χ4n) is 1.75. The molecule has 0 N–H and O–H groups in total. The average Bonchev–Trinajstić information content (AvgIpc) is 2.39. The molecule has 0 saturated carbocycles. The average molecular weight is 272 g/mol. The summed E-state index contributed by atoms with van der Waals surface area (Å²) < 4.78 is 6.38. The summed E-state index contributed by atoms with van der Waals surface area (Å²) in [5, 5.41) is 0. The van der Waals surface area contributed by atoms with Crippen molar-refractivity contribution in [1.29, 1.82) is 0 Å². The van der Waals surface area contributed by atoms with Crippen LogP contribution in [0.3, 0.4) is 0 Å². The number of hydrogen-bond acceptors (Lipinski definition) is 4. The molecule has 0 amide bonds. The number of pyridine rings is 1. The highest BCUT2D eigenvalue weighted by Crippen LogP contribution is 2.05. The number of allylic oxidation sites excluding steroid dienone is 1. The summed E-state index contributed by atoms with van der Waals surface area (Å²) in [6, 6.07) is 3.60. The normalized spacial score (nSPS) is 10.3. The molecule has 0 atom stereocenters. The van der Waals surface area contributed by atoms with E-state index in [4.69, 9.17) is 4.74 Å². The van der Waals surface area contributed by atoms with E-state index in [-0.39, 0.29) is 12.2 Å². The maximum absolute atomic E-state index is 12.2. The van der Waals surface area contributed by atoms with Crippen molar-refractivity contribution in [3.8, 4) is 0 Å². The molecular weight excluding hydrogens is 256 g/mol. The molecule has 2 aromatic heterocycles. The van der Waals surface area contributed by atoms with E-state index in [1.165, 1.54) is 10.6 Å². The van der Waals surface area contributed by atoms with E-state index in [9.17, 15) is 9.59 Å². The number of aromatic nitrogens is 2. The Kier molecular flexibility index (Phi) is 3.98. The predicted octanol–water partition coefficient (Wildman–Crippen LogP) is 2.13. The van der Waals surface area contributed by atoms with E-state index in [0.29, 0.717) is 5.65 Å². The third-order valence-electron chi connectivity index (χ3n) is 2.85. The molecule has 2 heterocycles. The fraction of sp³-hybridized carbons (Fsp3) is 0.267. The zero-order valence-corrected chi connectivity index (χ0v) is 11.7. The van der Waals surface area contributed by atoms with Crippen LogP contribution < -0.4 is 5.56 Å². The Morgan fingerprint density at radius 2 is 2.20 bits per heavy atom. The molecule has 0 saturated heterocycles. The van der Waals surface area contributed by atoms with E-state index in [0.717, 1.165) is 11.1 Å². The van der Waals surface area contributed by atoms with Gasteiger partial charge in [-0.1, -0.05) is 11.6 Å². The van der Waals surface area contributed by atoms with Crippen LogP contribution in [0, 0.1) is 6.92 Å². The van der Waals surface area contributed by atoms with Crippen molar-refractivity contribution < 1.29 is 9.53 Å². The number of carbonyl (C=O) groups is 1. The standard InChI is InChI=1S/C15H16N2O3/c1-10(2)6-8-20-15(19)12-9-16-13-11(3)5-4-7-17(13)14(12)18/h4-7,9H,8H2,1-3H3. The van der Waals surface area contributed by atoms with Gasteiger partial charge < -0.3 is 4.74 Å². The van der Waals surface area contributed by atoms with Crippen molar-refractivity contribution >= 4 is 11.6 Å². The molecule has 5 heteroatoms. The molecule has 0 fully saturated rings. The summed E-state index contributed by atoms with van der Waals surface area (Å²) in [4.78, 5) is 28.2. The lowest BCUT2D eigenvalue weighted by atomic mass is 10.2. The molecule has 2 rings (SSSR count). The summed E-state index contributed by atoms with van der Waals surface area (Å²) in [7, 11) is 0. The third kappa shape index (κ3) is 2.77. The van der Waals surface area contributed by atoms with Gasteiger partial charge in [0.05, 0.1) is 0 Å². The SMILES string of the molecule is CC(C)=CCOC(=O)c1cnc2c(C)cccn2c1=O. The fourth-order valence-corrected chi connectivity index (χ4v) is 1.75. The van der Waals surface area contributed by atoms with Crippen LogP contribution in [0.15, 0.2) is 41.0 Å². The molecule has 0 unspecified atom stereocenters. The lowest BCUT2D eigenvalue weighted by Gasteiger charge is -2.05. The van der Waals surface area contributed by atoms with Crippen LogP contribution in [0.1, 0.15) is 29.8 Å². The Morgan fingerprint density at radius 3 is 2.90 bits per heavy atom. The van der Waals surface area contributed by atoms with Crippen LogP contribution in [-0.4, -0.2) is 22.0 Å². The lowest BCUT2D eigenvalue weighted by molar-refractivity contribution is 0.0546. The van der Waals surface area contributed by atoms with Gasteiger partial charge in [-0.2, -0.15) is 0 Å². The van der Waals surface area contributed by atoms with Crippen LogP contribution in [0.5, 0.6) is 0 Å². The topological polar surface area (TPSA) is 60.7 Å². The van der Waals surface area contributed by atoms with Crippen molar-refractivity contribution in [3.05, 3.63) is 57.7 Å². The maximum atomic E-state index is 12.2. The van der Waals surface area contributed by atoms with E-state index < -0.39 is 11.5 Å². The Balaban J connectivity index is 2.36. The van der Waals surface area contributed by atoms with Crippen molar-refractivity contribution in [3.63, 3.8) is 0 Å². The molecule has 0 aliphatic heterocycles. The summed E-state index contributed by atoms with van der Waals surface area (Å²) in [6.07, 6.45) is 4.63. The molecule has 2 aromatic rings. The first-order valence-electron chi connectivity index (χ1n) is 6.28. The van der Waals surface area contributed by atoms with Gasteiger partial charge in [-0.3, -0.25) is 9.20 Å². The Bertz CT molecular complexity index is 740. The third-order valence-corrected chi connectivity index (χ3v) is 2.85. The number of hydrogen-bond donors (Lipinski definition) is 0. The van der Waals surface area contributed by atoms with Crippen LogP contribution in [0.25, 0.3) is 5.65 Å². The van der Waals surface area contributed by atoms with Crippen molar-refractivity contribution in [2.24, 2.45) is 0 Å². The van der Waals surface area contributed by atoms with E-state index in [1.807, 2.05) is 26.8 Å². The smallest absolute Gasteiger partial charge is 0.345 e. The zero-order valence-electron chi connectivity index (χ0n) is 11.7. The Morgan fingerprint density at radius 1 is 1.45 bits per heavy atom. The predicted molar refractivity (Wildman–Crippen MR) is 75.9 cm³/mol. The van der Waals surface area contributed by atoms with Crippen molar-refractivity contribution in [2.75, 3.05) is 6.61 Å². The molecule has 0 spiro atoms. The second-order valence-electron chi connectivity index (χ2n) is 4.74. The Labute approximate surface area is 116 Å². The molecule has 0 aliphatic carbocycles. The first-order chi connectivity index (χ1) is 9.50. The number of rotatable bonds is 3. The number of fused-ring (bicyclic) bond motifs is 1. The molecule has 0 aromatic carbocycles. The highest BCUT2D eigenvalue weighted by atomic mass is 16.5. The summed E-state index contributed by atoms with van der Waals surface area (Å²) in [6.45, 7) is 5.82. The van der Waals surface area contributed by atoms with Crippen LogP contribution in [-0.2, 0) is 4.74 Å². The summed E-state index contributed by atoms with van der Waals surface area (Å²) in [5.74, 6) is -0.657. The molecule has 0 aliphatic rings. The van der Waals surface area contributed by atoms with Gasteiger partial charge in [0.25, 0.3) is 5.56 Å². The van der Waals surface area contributed by atoms with E-state index in [1.54, 1.807) is 18.3 Å². The van der Waals surface area contributed by atoms with Gasteiger partial charge in [-0.05, 0) is 38.5 Å². The lowest BCUT2D eigenvalue weighted by Crippen LogP contribution is -2.24. The van der Waals surface area contributed by atoms with E-state index in [2.05, 4.69) is 4.98 Å². The van der Waals surface area contributed by atoms with Crippen LogP contribution in [0.2, 0.25) is 0 Å². The molecule has 20 heavy (non-hydrogen) atoms. The highest BCUT2D eigenvalue weighted by Gasteiger charge is 2.14.